The van der Waals surface area contributed by atoms with Crippen LogP contribution >= 0.6 is 0 Å². The van der Waals surface area contributed by atoms with E-state index < -0.39 is 60.3 Å². The molecule has 4 aliphatic rings. The maximum absolute atomic E-state index is 12.1. The highest BCUT2D eigenvalue weighted by atomic mass is 19.4. The third kappa shape index (κ3) is 29.7. The number of esters is 2. The molecule has 0 amide bonds. The first-order valence-corrected chi connectivity index (χ1v) is 34.0. The number of alkyl halides is 3. The van der Waals surface area contributed by atoms with Crippen LogP contribution in [0.25, 0.3) is 11.0 Å². The summed E-state index contributed by atoms with van der Waals surface area (Å²) in [6.45, 7) is 1.81. The molecule has 4 aliphatic carbocycles. The summed E-state index contributed by atoms with van der Waals surface area (Å²) in [5.74, 6) is -3.17. The first kappa shape index (κ1) is 78.7. The van der Waals surface area contributed by atoms with E-state index in [9.17, 15) is 67.2 Å². The number of hydrogen-bond donors (Lipinski definition) is 4. The molecule has 5 aromatic rings. The Hall–Kier alpha value is -9.34. The highest BCUT2D eigenvalue weighted by Gasteiger charge is 2.31. The second-order valence-corrected chi connectivity index (χ2v) is 24.7. The van der Waals surface area contributed by atoms with E-state index in [4.69, 9.17) is 23.4 Å². The SMILES string of the molecule is COC(=O)CCc1ccc(OC(CCC2=CCCCC2)C(=O)O)cc1.COC(=O)CCc1ccccc1OC(CCC1=CCCCC1)C(=O)O.Cc1cc(=O)oc2ccc(OC(CCC3=CCCCC3)C(=O)O)cc12.O=C(O)C(CCC1=CCCCC1)Oc1ccc(OC(F)(F)F)cc1. The molecule has 0 fully saturated rings. The second-order valence-electron chi connectivity index (χ2n) is 24.7. The minimum absolute atomic E-state index is 0.189. The van der Waals surface area contributed by atoms with Gasteiger partial charge in [-0.2, -0.15) is 0 Å². The summed E-state index contributed by atoms with van der Waals surface area (Å²) >= 11 is 0. The van der Waals surface area contributed by atoms with Gasteiger partial charge in [-0.05, 0) is 251 Å². The van der Waals surface area contributed by atoms with Gasteiger partial charge in [0.15, 0.2) is 24.4 Å². The fraction of sp³-hybridized carbons (Fsp3) is 0.468. The average Bonchev–Trinajstić information content (AvgIpc) is 0.817. The van der Waals surface area contributed by atoms with E-state index in [1.807, 2.05) is 31.2 Å². The lowest BCUT2D eigenvalue weighted by Gasteiger charge is -2.19. The molecule has 4 aromatic carbocycles. The smallest absolute Gasteiger partial charge is 0.479 e. The zero-order valence-corrected chi connectivity index (χ0v) is 56.7. The number of para-hydroxylation sites is 1. The molecule has 536 valence electrons. The van der Waals surface area contributed by atoms with Crippen LogP contribution in [0.5, 0.6) is 28.7 Å². The molecule has 19 nitrogen and oxygen atoms in total. The van der Waals surface area contributed by atoms with Crippen molar-refractivity contribution in [3.63, 3.8) is 0 Å². The first-order valence-electron chi connectivity index (χ1n) is 34.0. The van der Waals surface area contributed by atoms with E-state index >= 15 is 0 Å². The summed E-state index contributed by atoms with van der Waals surface area (Å²) in [5, 5.41) is 38.4. The number of allylic oxidation sites excluding steroid dienone is 8. The molecule has 0 saturated heterocycles. The number of carboxylic acids is 4. The summed E-state index contributed by atoms with van der Waals surface area (Å²) in [4.78, 5) is 79.8. The van der Waals surface area contributed by atoms with Crippen LogP contribution in [0.4, 0.5) is 13.2 Å². The van der Waals surface area contributed by atoms with E-state index in [0.29, 0.717) is 74.2 Å². The van der Waals surface area contributed by atoms with Gasteiger partial charge in [0.05, 0.1) is 14.2 Å². The molecule has 1 aromatic heterocycles. The van der Waals surface area contributed by atoms with Gasteiger partial charge in [-0.3, -0.25) is 9.59 Å². The van der Waals surface area contributed by atoms with Crippen molar-refractivity contribution < 1.29 is 99.9 Å². The number of aliphatic carboxylic acids is 4. The van der Waals surface area contributed by atoms with Crippen molar-refractivity contribution in [3.8, 4) is 28.7 Å². The molecule has 0 radical (unpaired) electrons. The van der Waals surface area contributed by atoms with Crippen LogP contribution in [0, 0.1) is 6.92 Å². The van der Waals surface area contributed by atoms with Gasteiger partial charge in [-0.1, -0.05) is 76.9 Å². The highest BCUT2D eigenvalue weighted by molar-refractivity contribution is 5.82. The van der Waals surface area contributed by atoms with Gasteiger partial charge < -0.3 is 58.0 Å². The Bertz CT molecular complexity index is 3600. The quantitative estimate of drug-likeness (QED) is 0.0182. The van der Waals surface area contributed by atoms with E-state index in [1.54, 1.807) is 42.5 Å². The van der Waals surface area contributed by atoms with Crippen molar-refractivity contribution in [1.29, 1.82) is 0 Å². The Labute approximate surface area is 575 Å². The van der Waals surface area contributed by atoms with Crippen LogP contribution in [0.3, 0.4) is 0 Å². The number of hydrogen-bond acceptors (Lipinski definition) is 15. The number of rotatable bonds is 31. The second kappa shape index (κ2) is 41.8. The molecule has 0 saturated carbocycles. The highest BCUT2D eigenvalue weighted by Crippen LogP contribution is 2.31. The number of carbonyl (C=O) groups is 6. The zero-order chi connectivity index (χ0) is 71.5. The van der Waals surface area contributed by atoms with Gasteiger partial charge in [0.25, 0.3) is 0 Å². The average molecular weight is 1380 g/mol. The largest absolute Gasteiger partial charge is 0.573 e. The van der Waals surface area contributed by atoms with Crippen LogP contribution in [-0.4, -0.2) is 101 Å². The number of carboxylic acid groups (broad SMARTS) is 4. The summed E-state index contributed by atoms with van der Waals surface area (Å²) in [7, 11) is 2.72. The lowest BCUT2D eigenvalue weighted by molar-refractivity contribution is -0.274. The lowest BCUT2D eigenvalue weighted by atomic mass is 9.95. The number of carbonyl (C=O) groups excluding carboxylic acids is 2. The number of halogens is 3. The maximum atomic E-state index is 12.1. The fourth-order valence-corrected chi connectivity index (χ4v) is 11.7. The van der Waals surface area contributed by atoms with Crippen LogP contribution < -0.4 is 29.3 Å². The summed E-state index contributed by atoms with van der Waals surface area (Å²) in [6.07, 6.45) is 24.6. The number of benzene rings is 4. The summed E-state index contributed by atoms with van der Waals surface area (Å²) in [6, 6.07) is 25.6. The van der Waals surface area contributed by atoms with Gasteiger partial charge in [-0.25, -0.2) is 24.0 Å². The molecule has 1 heterocycles. The first-order chi connectivity index (χ1) is 47.5. The zero-order valence-electron chi connectivity index (χ0n) is 56.7. The molecule has 0 bridgehead atoms. The lowest BCUT2D eigenvalue weighted by Crippen LogP contribution is -2.27. The van der Waals surface area contributed by atoms with E-state index in [1.165, 1.54) is 93.2 Å². The van der Waals surface area contributed by atoms with Crippen LogP contribution in [0.2, 0.25) is 0 Å². The van der Waals surface area contributed by atoms with Crippen LogP contribution in [0.1, 0.15) is 184 Å². The van der Waals surface area contributed by atoms with Crippen molar-refractivity contribution in [2.24, 2.45) is 0 Å². The minimum atomic E-state index is -4.76. The van der Waals surface area contributed by atoms with E-state index in [0.717, 1.165) is 118 Å². The van der Waals surface area contributed by atoms with Crippen LogP contribution in [-0.2, 0) is 51.1 Å². The summed E-state index contributed by atoms with van der Waals surface area (Å²) < 4.78 is 77.0. The number of fused-ring (bicyclic) bond motifs is 1. The third-order valence-corrected chi connectivity index (χ3v) is 17.2. The van der Waals surface area contributed by atoms with Crippen molar-refractivity contribution >= 4 is 46.8 Å². The Kier molecular flexibility index (Phi) is 33.2. The van der Waals surface area contributed by atoms with Crippen LogP contribution in [0.15, 0.2) is 153 Å². The Morgan fingerprint density at radius 3 is 1.25 bits per heavy atom. The molecule has 4 N–H and O–H groups in total. The standard InChI is InChI=1S/C20H22O5.2C20H26O5.C17H19F3O4/c1-13-11-19(21)25-17-10-8-15(12-16(13)17)24-18(20(22)23)9-7-14-5-3-2-4-6-14;1-24-19(21)14-12-16-9-5-6-10-17(16)25-18(20(22)23)13-11-15-7-3-2-4-8-15;1-24-19(21)14-10-16-7-11-17(12-8-16)25-18(20(22)23)13-9-15-5-3-2-4-6-15;18-17(19,20)24-14-9-7-13(8-10-14)23-15(16(21)22)11-6-12-4-2-1-3-5-12/h5,8,10-12,18H,2-4,6-7,9H2,1H3,(H,22,23);5-7,9-10,18H,2-4,8,11-14H2,1H3,(H,22,23);5,7-8,11-12,18H,2-4,6,9-10,13-14H2,1H3,(H,22,23);4,7-10,15H,1-3,5-6,11H2,(H,21,22). The van der Waals surface area contributed by atoms with Gasteiger partial charge in [-0.15, -0.1) is 13.2 Å². The number of methoxy groups -OCH3 is 2. The number of aryl methyl sites for hydroxylation is 3. The molecule has 99 heavy (non-hydrogen) atoms. The van der Waals surface area contributed by atoms with Crippen molar-refractivity contribution in [2.75, 3.05) is 14.2 Å². The third-order valence-electron chi connectivity index (χ3n) is 17.2. The summed E-state index contributed by atoms with van der Waals surface area (Å²) in [5.41, 5.74) is 7.89. The Morgan fingerprint density at radius 1 is 0.465 bits per heavy atom. The molecule has 4 atom stereocenters. The van der Waals surface area contributed by atoms with Gasteiger partial charge in [0.1, 0.15) is 34.3 Å². The van der Waals surface area contributed by atoms with Gasteiger partial charge in [0, 0.05) is 24.3 Å². The normalized spacial score (nSPS) is 15.5. The van der Waals surface area contributed by atoms with E-state index in [-0.39, 0.29) is 29.9 Å². The molecule has 9 rings (SSSR count). The maximum Gasteiger partial charge on any atom is 0.573 e. The molecular weight excluding hydrogens is 1290 g/mol. The molecule has 0 spiro atoms. The Morgan fingerprint density at radius 2 is 0.848 bits per heavy atom. The molecule has 0 aliphatic heterocycles. The predicted octanol–water partition coefficient (Wildman–Crippen LogP) is 16.7. The molecule has 4 unspecified atom stereocenters. The predicted molar refractivity (Wildman–Crippen MR) is 365 cm³/mol. The van der Waals surface area contributed by atoms with Crippen molar-refractivity contribution in [1.82, 2.24) is 0 Å². The molecule has 22 heteroatoms. The number of ether oxygens (including phenoxy) is 7. The Balaban J connectivity index is 0.000000208. The van der Waals surface area contributed by atoms with Gasteiger partial charge in [0.2, 0.25) is 0 Å². The molecular formula is C77H93F3O19. The van der Waals surface area contributed by atoms with Gasteiger partial charge >= 0.3 is 47.8 Å². The van der Waals surface area contributed by atoms with Crippen molar-refractivity contribution in [3.05, 3.63) is 171 Å². The monoisotopic (exact) mass is 1380 g/mol. The van der Waals surface area contributed by atoms with E-state index in [2.05, 4.69) is 38.5 Å². The topological polar surface area (TPSA) is 278 Å². The fourth-order valence-electron chi connectivity index (χ4n) is 11.7. The minimum Gasteiger partial charge on any atom is -0.479 e. The van der Waals surface area contributed by atoms with Crippen molar-refractivity contribution in [2.45, 2.75) is 217 Å².